The second-order valence-electron chi connectivity index (χ2n) is 9.00. The van der Waals surface area contributed by atoms with Crippen LogP contribution in [0.1, 0.15) is 65.5 Å². The molecule has 0 radical (unpaired) electrons. The Hall–Kier alpha value is -1.99. The Morgan fingerprint density at radius 3 is 2.77 bits per heavy atom. The fraction of sp³-hybridized carbons (Fsp3) is 0.542. The molecule has 2 atom stereocenters. The fourth-order valence-electron chi connectivity index (χ4n) is 4.65. The molecule has 3 aromatic rings. The van der Waals surface area contributed by atoms with Gasteiger partial charge in [0.2, 0.25) is 0 Å². The minimum absolute atomic E-state index is 0.157. The lowest BCUT2D eigenvalue weighted by molar-refractivity contribution is 0.0751. The van der Waals surface area contributed by atoms with Gasteiger partial charge in [-0.3, -0.25) is 4.79 Å². The predicted molar refractivity (Wildman–Crippen MR) is 130 cm³/mol. The summed E-state index contributed by atoms with van der Waals surface area (Å²) in [6.07, 6.45) is 4.58. The Morgan fingerprint density at radius 1 is 1.26 bits per heavy atom. The zero-order chi connectivity index (χ0) is 21.5. The SMILES string of the molecule is CC[C@@H](C)c1nc(N2CCN(C(=O)c3cccs3)CC2)c2c3c(sc2n1)C[C@H](C)CC3. The van der Waals surface area contributed by atoms with Crippen molar-refractivity contribution in [2.75, 3.05) is 31.1 Å². The Bertz CT molecular complexity index is 1080. The Labute approximate surface area is 192 Å². The Balaban J connectivity index is 1.48. The van der Waals surface area contributed by atoms with Crippen molar-refractivity contribution in [3.05, 3.63) is 38.7 Å². The van der Waals surface area contributed by atoms with Crippen LogP contribution < -0.4 is 4.90 Å². The average molecular weight is 455 g/mol. The maximum atomic E-state index is 12.8. The molecular formula is C24H30N4OS2. The molecular weight excluding hydrogens is 424 g/mol. The molecule has 4 heterocycles. The second-order valence-corrected chi connectivity index (χ2v) is 11.0. The van der Waals surface area contributed by atoms with Crippen molar-refractivity contribution in [3.8, 4) is 0 Å². The summed E-state index contributed by atoms with van der Waals surface area (Å²) in [4.78, 5) is 30.8. The number of thiophene rings is 2. The van der Waals surface area contributed by atoms with Crippen molar-refractivity contribution >= 4 is 44.6 Å². The van der Waals surface area contributed by atoms with E-state index in [1.54, 1.807) is 0 Å². The van der Waals surface area contributed by atoms with Crippen molar-refractivity contribution in [1.29, 1.82) is 0 Å². The zero-order valence-electron chi connectivity index (χ0n) is 18.6. The van der Waals surface area contributed by atoms with Crippen LogP contribution in [0.4, 0.5) is 5.82 Å². The predicted octanol–water partition coefficient (Wildman–Crippen LogP) is 5.35. The maximum Gasteiger partial charge on any atom is 0.264 e. The van der Waals surface area contributed by atoms with Crippen molar-refractivity contribution in [2.45, 2.75) is 52.4 Å². The molecule has 1 aliphatic carbocycles. The molecule has 1 saturated heterocycles. The maximum absolute atomic E-state index is 12.8. The standard InChI is InChI=1S/C24H30N4OS2/c1-4-16(3)21-25-22(20-17-8-7-15(2)14-19(17)31-23(20)26-21)27-9-11-28(12-10-27)24(29)18-6-5-13-30-18/h5-6,13,15-16H,4,7-12,14H2,1-3H3/t15-,16-/m1/s1. The van der Waals surface area contributed by atoms with Gasteiger partial charge in [0.05, 0.1) is 10.3 Å². The van der Waals surface area contributed by atoms with Crippen LogP contribution in [0.25, 0.3) is 10.2 Å². The molecule has 3 aromatic heterocycles. The number of hydrogen-bond donors (Lipinski definition) is 0. The van der Waals surface area contributed by atoms with Gasteiger partial charge in [-0.1, -0.05) is 26.8 Å². The molecule has 1 amide bonds. The normalized spacial score (nSPS) is 20.2. The van der Waals surface area contributed by atoms with E-state index in [1.165, 1.54) is 33.6 Å². The van der Waals surface area contributed by atoms with Gasteiger partial charge in [0.1, 0.15) is 16.5 Å². The number of amides is 1. The van der Waals surface area contributed by atoms with Gasteiger partial charge < -0.3 is 9.80 Å². The van der Waals surface area contributed by atoms with E-state index in [1.807, 2.05) is 33.7 Å². The lowest BCUT2D eigenvalue weighted by Gasteiger charge is -2.36. The number of anilines is 1. The summed E-state index contributed by atoms with van der Waals surface area (Å²) in [5.41, 5.74) is 1.49. The molecule has 31 heavy (non-hydrogen) atoms. The molecule has 164 valence electrons. The van der Waals surface area contributed by atoms with Crippen LogP contribution in [-0.2, 0) is 12.8 Å². The second kappa shape index (κ2) is 8.51. The van der Waals surface area contributed by atoms with Gasteiger partial charge in [0.15, 0.2) is 0 Å². The minimum Gasteiger partial charge on any atom is -0.352 e. The van der Waals surface area contributed by atoms with E-state index in [0.717, 1.165) is 72.7 Å². The summed E-state index contributed by atoms with van der Waals surface area (Å²) in [6, 6.07) is 3.87. The van der Waals surface area contributed by atoms with Crippen LogP contribution in [0.5, 0.6) is 0 Å². The smallest absolute Gasteiger partial charge is 0.264 e. The van der Waals surface area contributed by atoms with E-state index in [-0.39, 0.29) is 5.91 Å². The lowest BCUT2D eigenvalue weighted by atomic mass is 9.89. The first-order valence-corrected chi connectivity index (χ1v) is 13.1. The van der Waals surface area contributed by atoms with Crippen molar-refractivity contribution in [2.24, 2.45) is 5.92 Å². The molecule has 0 saturated carbocycles. The van der Waals surface area contributed by atoms with E-state index >= 15 is 0 Å². The van der Waals surface area contributed by atoms with Crippen LogP contribution >= 0.6 is 22.7 Å². The molecule has 0 aromatic carbocycles. The number of carbonyl (C=O) groups excluding carboxylic acids is 1. The summed E-state index contributed by atoms with van der Waals surface area (Å²) in [7, 11) is 0. The number of rotatable bonds is 4. The molecule has 0 spiro atoms. The van der Waals surface area contributed by atoms with Crippen molar-refractivity contribution < 1.29 is 4.79 Å². The first-order chi connectivity index (χ1) is 15.0. The van der Waals surface area contributed by atoms with Gasteiger partial charge in [-0.2, -0.15) is 0 Å². The highest BCUT2D eigenvalue weighted by molar-refractivity contribution is 7.19. The topological polar surface area (TPSA) is 49.3 Å². The zero-order valence-corrected chi connectivity index (χ0v) is 20.2. The fourth-order valence-corrected chi connectivity index (χ4v) is 6.72. The van der Waals surface area contributed by atoms with Crippen molar-refractivity contribution in [3.63, 3.8) is 0 Å². The number of aryl methyl sites for hydroxylation is 1. The highest BCUT2D eigenvalue weighted by Gasteiger charge is 2.29. The third-order valence-electron chi connectivity index (χ3n) is 6.80. The van der Waals surface area contributed by atoms with Gasteiger partial charge in [-0.25, -0.2) is 9.97 Å². The summed E-state index contributed by atoms with van der Waals surface area (Å²) >= 11 is 3.41. The Morgan fingerprint density at radius 2 is 2.06 bits per heavy atom. The van der Waals surface area contributed by atoms with Crippen LogP contribution in [0.3, 0.4) is 0 Å². The van der Waals surface area contributed by atoms with Crippen molar-refractivity contribution in [1.82, 2.24) is 14.9 Å². The van der Waals surface area contributed by atoms with Gasteiger partial charge in [-0.15, -0.1) is 22.7 Å². The van der Waals surface area contributed by atoms with Gasteiger partial charge >= 0.3 is 0 Å². The molecule has 0 N–H and O–H groups in total. The molecule has 0 bridgehead atoms. The van der Waals surface area contributed by atoms with Crippen LogP contribution in [0, 0.1) is 5.92 Å². The van der Waals surface area contributed by atoms with Gasteiger partial charge in [0.25, 0.3) is 5.91 Å². The van der Waals surface area contributed by atoms with E-state index in [0.29, 0.717) is 5.92 Å². The summed E-state index contributed by atoms with van der Waals surface area (Å²) in [6.45, 7) is 9.91. The third-order valence-corrected chi connectivity index (χ3v) is 8.81. The monoisotopic (exact) mass is 454 g/mol. The van der Waals surface area contributed by atoms with Gasteiger partial charge in [0, 0.05) is 37.0 Å². The van der Waals surface area contributed by atoms with Gasteiger partial charge in [-0.05, 0) is 48.6 Å². The first-order valence-electron chi connectivity index (χ1n) is 11.4. The Kier molecular flexibility index (Phi) is 5.73. The van der Waals surface area contributed by atoms with E-state index in [2.05, 4.69) is 25.7 Å². The molecule has 1 aliphatic heterocycles. The third kappa shape index (κ3) is 3.87. The summed E-state index contributed by atoms with van der Waals surface area (Å²) in [5.74, 6) is 3.33. The van der Waals surface area contributed by atoms with Crippen LogP contribution in [-0.4, -0.2) is 47.0 Å². The quantitative estimate of drug-likeness (QED) is 0.533. The van der Waals surface area contributed by atoms with Crippen LogP contribution in [0.15, 0.2) is 17.5 Å². The molecule has 5 rings (SSSR count). The lowest BCUT2D eigenvalue weighted by Crippen LogP contribution is -2.49. The molecule has 1 fully saturated rings. The summed E-state index contributed by atoms with van der Waals surface area (Å²) < 4.78 is 0. The van der Waals surface area contributed by atoms with E-state index < -0.39 is 0 Å². The van der Waals surface area contributed by atoms with Crippen LogP contribution in [0.2, 0.25) is 0 Å². The number of fused-ring (bicyclic) bond motifs is 3. The first kappa shape index (κ1) is 20.9. The highest BCUT2D eigenvalue weighted by Crippen LogP contribution is 2.42. The molecule has 2 aliphatic rings. The highest BCUT2D eigenvalue weighted by atomic mass is 32.1. The largest absolute Gasteiger partial charge is 0.352 e. The number of hydrogen-bond acceptors (Lipinski definition) is 6. The number of aromatic nitrogens is 2. The average Bonchev–Trinajstić information content (AvgIpc) is 3.45. The minimum atomic E-state index is 0.157. The van der Waals surface area contributed by atoms with E-state index in [4.69, 9.17) is 9.97 Å². The van der Waals surface area contributed by atoms with E-state index in [9.17, 15) is 4.79 Å². The number of nitrogens with zero attached hydrogens (tertiary/aromatic N) is 4. The summed E-state index contributed by atoms with van der Waals surface area (Å²) in [5, 5.41) is 3.26. The number of carbonyl (C=O) groups is 1. The molecule has 7 heteroatoms. The molecule has 0 unspecified atom stereocenters. The number of piperazine rings is 1. The molecule has 5 nitrogen and oxygen atoms in total.